The molecule has 0 bridgehead atoms. The van der Waals surface area contributed by atoms with E-state index in [2.05, 4.69) is 0 Å². The van der Waals surface area contributed by atoms with Gasteiger partial charge in [-0.05, 0) is 0 Å². The quantitative estimate of drug-likeness (QED) is 0.0795. The Bertz CT molecular complexity index is 888. The van der Waals surface area contributed by atoms with Gasteiger partial charge in [-0.25, -0.2) is 14.4 Å². The van der Waals surface area contributed by atoms with Gasteiger partial charge in [-0.2, -0.15) is 0 Å². The van der Waals surface area contributed by atoms with E-state index in [1.807, 2.05) is 0 Å². The molecule has 3 rings (SSSR count). The number of ether oxygens (including phenoxy) is 9. The fourth-order valence-corrected chi connectivity index (χ4v) is 4.15. The number of aliphatic hydroxyl groups excluding tert-OH is 6. The van der Waals surface area contributed by atoms with Gasteiger partial charge in [0.25, 0.3) is 17.4 Å². The molecule has 42 heavy (non-hydrogen) atoms. The number of aliphatic hydroxyl groups is 6. The molecule has 0 aromatic carbocycles. The van der Waals surface area contributed by atoms with E-state index in [1.54, 1.807) is 0 Å². The molecule has 242 valence electrons. The highest BCUT2D eigenvalue weighted by Crippen LogP contribution is 2.41. The Kier molecular flexibility index (Phi) is 11.6. The van der Waals surface area contributed by atoms with Crippen molar-refractivity contribution in [1.29, 1.82) is 0 Å². The van der Waals surface area contributed by atoms with E-state index >= 15 is 0 Å². The highest BCUT2D eigenvalue weighted by Gasteiger charge is 2.62. The van der Waals surface area contributed by atoms with Gasteiger partial charge < -0.3 is 73.3 Å². The molecule has 3 aliphatic rings. The maximum atomic E-state index is 12.9. The summed E-state index contributed by atoms with van der Waals surface area (Å²) in [5.74, 6) is -9.19. The minimum Gasteiger partial charge on any atom is -0.459 e. The van der Waals surface area contributed by atoms with Crippen LogP contribution in [-0.4, -0.2) is 161 Å². The van der Waals surface area contributed by atoms with E-state index in [4.69, 9.17) is 58.0 Å². The van der Waals surface area contributed by atoms with Crippen molar-refractivity contribution < 1.29 is 87.7 Å². The van der Waals surface area contributed by atoms with Crippen molar-refractivity contribution in [2.75, 3.05) is 52.9 Å². The van der Waals surface area contributed by atoms with E-state index in [0.29, 0.717) is 0 Å². The fourth-order valence-electron chi connectivity index (χ4n) is 4.15. The Hall–Kier alpha value is -2.07. The summed E-state index contributed by atoms with van der Waals surface area (Å²) in [5.41, 5.74) is 0. The Morgan fingerprint density at radius 1 is 0.619 bits per heavy atom. The maximum absolute atomic E-state index is 12.9. The second-order valence-electron chi connectivity index (χ2n) is 10.2. The van der Waals surface area contributed by atoms with Crippen molar-refractivity contribution >= 4 is 17.9 Å². The Labute approximate surface area is 239 Å². The first-order valence-electron chi connectivity index (χ1n) is 13.1. The molecule has 0 aromatic heterocycles. The number of esters is 3. The second-order valence-corrected chi connectivity index (χ2v) is 10.2. The van der Waals surface area contributed by atoms with Gasteiger partial charge in [0.2, 0.25) is 0 Å². The lowest BCUT2D eigenvalue weighted by Crippen LogP contribution is -2.47. The van der Waals surface area contributed by atoms with Crippen LogP contribution in [0.25, 0.3) is 0 Å². The number of hydrogen-bond donors (Lipinski definition) is 6. The van der Waals surface area contributed by atoms with Gasteiger partial charge in [0.15, 0.2) is 0 Å². The summed E-state index contributed by atoms with van der Waals surface area (Å²) in [6.07, 6.45) is -8.65. The Morgan fingerprint density at radius 2 is 0.929 bits per heavy atom. The lowest BCUT2D eigenvalue weighted by molar-refractivity contribution is -0.223. The zero-order chi connectivity index (χ0) is 31.3. The molecule has 18 nitrogen and oxygen atoms in total. The van der Waals surface area contributed by atoms with Crippen molar-refractivity contribution in [3.63, 3.8) is 0 Å². The summed E-state index contributed by atoms with van der Waals surface area (Å²) >= 11 is 0. The van der Waals surface area contributed by atoms with Crippen molar-refractivity contribution in [2.24, 2.45) is 0 Å². The van der Waals surface area contributed by atoms with Gasteiger partial charge in [0.05, 0.1) is 33.0 Å². The zero-order valence-corrected chi connectivity index (χ0v) is 23.3. The Balaban J connectivity index is 1.77. The van der Waals surface area contributed by atoms with E-state index in [0.717, 1.165) is 0 Å². The van der Waals surface area contributed by atoms with E-state index < -0.39 is 118 Å². The summed E-state index contributed by atoms with van der Waals surface area (Å²) in [5, 5.41) is 55.4. The van der Waals surface area contributed by atoms with Crippen molar-refractivity contribution in [3.05, 3.63) is 0 Å². The lowest BCUT2D eigenvalue weighted by Gasteiger charge is -2.27. The smallest absolute Gasteiger partial charge is 0.366 e. The first-order valence-corrected chi connectivity index (χ1v) is 13.1. The fraction of sp³-hybridized carbons (Fsp3) is 0.875. The van der Waals surface area contributed by atoms with Crippen molar-refractivity contribution in [2.45, 2.75) is 80.9 Å². The normalized spacial score (nSPS) is 36.8. The van der Waals surface area contributed by atoms with Crippen molar-refractivity contribution in [1.82, 2.24) is 0 Å². The third kappa shape index (κ3) is 7.90. The van der Waals surface area contributed by atoms with Crippen LogP contribution in [0.3, 0.4) is 0 Å². The van der Waals surface area contributed by atoms with Gasteiger partial charge in [0.1, 0.15) is 62.5 Å². The third-order valence-electron chi connectivity index (χ3n) is 6.54. The monoisotopic (exact) mass is 614 g/mol. The molecule has 0 radical (unpaired) electrons. The molecular weight excluding hydrogens is 576 g/mol. The van der Waals surface area contributed by atoms with Crippen LogP contribution in [0.1, 0.15) is 20.8 Å². The predicted molar refractivity (Wildman–Crippen MR) is 129 cm³/mol. The first kappa shape index (κ1) is 34.4. The van der Waals surface area contributed by atoms with Crippen LogP contribution in [0, 0.1) is 0 Å². The summed E-state index contributed by atoms with van der Waals surface area (Å²) < 4.78 is 49.4. The molecule has 0 aliphatic carbocycles. The molecule has 3 saturated heterocycles. The first-order chi connectivity index (χ1) is 19.7. The molecule has 3 aliphatic heterocycles. The van der Waals surface area contributed by atoms with Crippen LogP contribution >= 0.6 is 0 Å². The van der Waals surface area contributed by atoms with Gasteiger partial charge in [-0.1, -0.05) is 0 Å². The summed E-state index contributed by atoms with van der Waals surface area (Å²) in [7, 11) is 0. The third-order valence-corrected chi connectivity index (χ3v) is 6.54. The molecule has 0 amide bonds. The number of carbonyl (C=O) groups is 3. The largest absolute Gasteiger partial charge is 0.459 e. The van der Waals surface area contributed by atoms with E-state index in [1.165, 1.54) is 20.8 Å². The van der Waals surface area contributed by atoms with E-state index in [9.17, 15) is 29.7 Å². The summed E-state index contributed by atoms with van der Waals surface area (Å²) in [6.45, 7) is -0.459. The van der Waals surface area contributed by atoms with Gasteiger partial charge in [-0.15, -0.1) is 0 Å². The van der Waals surface area contributed by atoms with Gasteiger partial charge in [0, 0.05) is 20.8 Å². The number of carbonyl (C=O) groups excluding carboxylic acids is 3. The van der Waals surface area contributed by atoms with Crippen LogP contribution in [0.2, 0.25) is 0 Å². The average molecular weight is 615 g/mol. The minimum absolute atomic E-state index is 0.279. The van der Waals surface area contributed by atoms with Gasteiger partial charge >= 0.3 is 17.9 Å². The molecule has 0 spiro atoms. The van der Waals surface area contributed by atoms with Crippen LogP contribution in [0.15, 0.2) is 0 Å². The highest BCUT2D eigenvalue weighted by atomic mass is 16.8. The molecule has 3 fully saturated rings. The van der Waals surface area contributed by atoms with Crippen LogP contribution in [0.4, 0.5) is 0 Å². The molecule has 3 heterocycles. The van der Waals surface area contributed by atoms with Crippen LogP contribution < -0.4 is 0 Å². The molecule has 0 saturated carbocycles. The molecule has 18 heteroatoms. The SMILES string of the molecule is CC1(C(=O)OCC(O)CO)OCC(C2OC(C)(C(=O)OCC(O)CO)OC2C2COC(C)(C(=O)OCC(O)CO)O2)O1. The predicted octanol–water partition coefficient (Wildman–Crippen LogP) is -4.56. The van der Waals surface area contributed by atoms with Gasteiger partial charge in [-0.3, -0.25) is 0 Å². The van der Waals surface area contributed by atoms with E-state index in [-0.39, 0.29) is 13.2 Å². The van der Waals surface area contributed by atoms with Crippen LogP contribution in [0.5, 0.6) is 0 Å². The molecule has 0 aromatic rings. The summed E-state index contributed by atoms with van der Waals surface area (Å²) in [4.78, 5) is 38.1. The van der Waals surface area contributed by atoms with Crippen LogP contribution in [-0.2, 0) is 57.0 Å². The number of rotatable bonds is 14. The second kappa shape index (κ2) is 14.1. The minimum atomic E-state index is -2.12. The highest BCUT2D eigenvalue weighted by molar-refractivity contribution is 5.79. The topological polar surface area (TPSA) is 256 Å². The standard InChI is InChI=1S/C24H38O18/c1-22(19(31)34-7-12(28)4-25)37-10-15(39-22)17-18(42-24(3,41-17)21(33)36-9-14(30)6-27)16-11-38-23(2,40-16)20(32)35-8-13(29)5-26/h12-18,25-30H,4-11H2,1-3H3. The molecule has 6 N–H and O–H groups in total. The molecule has 9 atom stereocenters. The maximum Gasteiger partial charge on any atom is 0.366 e. The summed E-state index contributed by atoms with van der Waals surface area (Å²) in [6, 6.07) is 0. The lowest BCUT2D eigenvalue weighted by atomic mass is 10.0. The molecular formula is C24H38O18. The van der Waals surface area contributed by atoms with Crippen molar-refractivity contribution in [3.8, 4) is 0 Å². The molecule has 9 unspecified atom stereocenters. The number of hydrogen-bond acceptors (Lipinski definition) is 18. The Morgan fingerprint density at radius 3 is 1.24 bits per heavy atom. The average Bonchev–Trinajstić information content (AvgIpc) is 3.68. The zero-order valence-electron chi connectivity index (χ0n) is 23.3.